The molecule has 3 rings (SSSR count). The topological polar surface area (TPSA) is 64.7 Å². The van der Waals surface area contributed by atoms with Gasteiger partial charge in [-0.15, -0.1) is 0 Å². The summed E-state index contributed by atoms with van der Waals surface area (Å²) >= 11 is 0. The summed E-state index contributed by atoms with van der Waals surface area (Å²) in [6, 6.07) is 1.19. The fourth-order valence-electron chi connectivity index (χ4n) is 3.42. The maximum atomic E-state index is 14.0. The molecule has 2 aliphatic rings. The minimum atomic E-state index is -0.664. The van der Waals surface area contributed by atoms with Gasteiger partial charge in [-0.2, -0.15) is 0 Å². The van der Waals surface area contributed by atoms with E-state index in [0.29, 0.717) is 36.8 Å². The Morgan fingerprint density at radius 1 is 1.20 bits per heavy atom. The van der Waals surface area contributed by atoms with Crippen LogP contribution < -0.4 is 15.2 Å². The molecule has 1 aliphatic heterocycles. The van der Waals surface area contributed by atoms with Crippen molar-refractivity contribution in [1.82, 2.24) is 0 Å². The third kappa shape index (κ3) is 2.00. The summed E-state index contributed by atoms with van der Waals surface area (Å²) in [7, 11) is 0. The highest BCUT2D eigenvalue weighted by Crippen LogP contribution is 2.51. The summed E-state index contributed by atoms with van der Waals surface area (Å²) in [5.41, 5.74) is 6.09. The number of hydrogen-bond acceptors (Lipinski definition) is 4. The third-order valence-electron chi connectivity index (χ3n) is 4.49. The smallest absolute Gasteiger partial charge is 0.169 e. The first-order valence-corrected chi connectivity index (χ1v) is 7.19. The minimum absolute atomic E-state index is 0.332. The predicted octanol–water partition coefficient (Wildman–Crippen LogP) is 2.46. The lowest BCUT2D eigenvalue weighted by Gasteiger charge is -2.39. The molecule has 0 radical (unpaired) electrons. The second-order valence-corrected chi connectivity index (χ2v) is 5.65. The zero-order chi connectivity index (χ0) is 14.2. The van der Waals surface area contributed by atoms with Crippen molar-refractivity contribution in [1.29, 1.82) is 0 Å². The van der Waals surface area contributed by atoms with Crippen LogP contribution in [0, 0.1) is 5.82 Å². The molecule has 0 unspecified atom stereocenters. The molecule has 1 heterocycles. The van der Waals surface area contributed by atoms with Crippen molar-refractivity contribution >= 4 is 0 Å². The monoisotopic (exact) mass is 281 g/mol. The van der Waals surface area contributed by atoms with Crippen molar-refractivity contribution in [2.45, 2.75) is 37.5 Å². The number of aromatic hydroxyl groups is 1. The van der Waals surface area contributed by atoms with Gasteiger partial charge in [0.05, 0.1) is 5.56 Å². The fourth-order valence-corrected chi connectivity index (χ4v) is 3.42. The van der Waals surface area contributed by atoms with Crippen LogP contribution >= 0.6 is 0 Å². The first-order chi connectivity index (χ1) is 9.68. The molecule has 4 nitrogen and oxygen atoms in total. The standard InChI is InChI=1S/C15H20FNO3/c16-10-8-11-14(20-7-6-19-11)12(13(10)18)15(9-17)4-2-1-3-5-15/h8,18H,1-7,9,17H2. The van der Waals surface area contributed by atoms with Crippen molar-refractivity contribution < 1.29 is 19.0 Å². The Balaban J connectivity index is 2.17. The molecule has 0 aromatic heterocycles. The summed E-state index contributed by atoms with van der Waals surface area (Å²) in [4.78, 5) is 0. The van der Waals surface area contributed by atoms with Gasteiger partial charge in [-0.1, -0.05) is 19.3 Å². The predicted molar refractivity (Wildman–Crippen MR) is 72.9 cm³/mol. The van der Waals surface area contributed by atoms with Gasteiger partial charge < -0.3 is 20.3 Å². The van der Waals surface area contributed by atoms with E-state index < -0.39 is 11.2 Å². The van der Waals surface area contributed by atoms with Gasteiger partial charge in [0, 0.05) is 18.0 Å². The van der Waals surface area contributed by atoms with Gasteiger partial charge in [0.25, 0.3) is 0 Å². The Labute approximate surface area is 117 Å². The Morgan fingerprint density at radius 3 is 2.60 bits per heavy atom. The highest BCUT2D eigenvalue weighted by molar-refractivity contribution is 5.58. The SMILES string of the molecule is NCC1(c2c(O)c(F)cc3c2OCCO3)CCCCC1. The number of benzene rings is 1. The van der Waals surface area contributed by atoms with Gasteiger partial charge in [0.1, 0.15) is 13.2 Å². The molecule has 1 aliphatic carbocycles. The van der Waals surface area contributed by atoms with Crippen LogP contribution in [0.2, 0.25) is 0 Å². The van der Waals surface area contributed by atoms with E-state index >= 15 is 0 Å². The van der Waals surface area contributed by atoms with Crippen LogP contribution in [0.15, 0.2) is 6.07 Å². The fraction of sp³-hybridized carbons (Fsp3) is 0.600. The maximum absolute atomic E-state index is 14.0. The second-order valence-electron chi connectivity index (χ2n) is 5.65. The molecule has 1 saturated carbocycles. The zero-order valence-corrected chi connectivity index (χ0v) is 11.5. The van der Waals surface area contributed by atoms with E-state index in [2.05, 4.69) is 0 Å². The van der Waals surface area contributed by atoms with Gasteiger partial charge in [-0.05, 0) is 12.8 Å². The van der Waals surface area contributed by atoms with Crippen molar-refractivity contribution in [3.63, 3.8) is 0 Å². The average Bonchev–Trinajstić information content (AvgIpc) is 2.49. The number of phenolic OH excluding ortho intramolecular Hbond substituents is 1. The van der Waals surface area contributed by atoms with Crippen LogP contribution in [0.3, 0.4) is 0 Å². The van der Waals surface area contributed by atoms with E-state index in [4.69, 9.17) is 15.2 Å². The molecule has 5 heteroatoms. The second kappa shape index (κ2) is 5.13. The first kappa shape index (κ1) is 13.5. The molecule has 0 saturated heterocycles. The van der Waals surface area contributed by atoms with Crippen LogP contribution in [0.1, 0.15) is 37.7 Å². The van der Waals surface area contributed by atoms with Gasteiger partial charge in [-0.3, -0.25) is 0 Å². The van der Waals surface area contributed by atoms with Crippen LogP contribution in [0.25, 0.3) is 0 Å². The molecule has 3 N–H and O–H groups in total. The van der Waals surface area contributed by atoms with Gasteiger partial charge in [0.15, 0.2) is 23.1 Å². The quantitative estimate of drug-likeness (QED) is 0.874. The Hall–Kier alpha value is -1.49. The van der Waals surface area contributed by atoms with Crippen LogP contribution in [-0.2, 0) is 5.41 Å². The third-order valence-corrected chi connectivity index (χ3v) is 4.49. The van der Waals surface area contributed by atoms with E-state index in [9.17, 15) is 9.50 Å². The number of halogens is 1. The molecule has 110 valence electrons. The average molecular weight is 281 g/mol. The van der Waals surface area contributed by atoms with E-state index in [-0.39, 0.29) is 5.75 Å². The largest absolute Gasteiger partial charge is 0.505 e. The first-order valence-electron chi connectivity index (χ1n) is 7.19. The number of phenols is 1. The van der Waals surface area contributed by atoms with Crippen molar-refractivity contribution in [2.75, 3.05) is 19.8 Å². The molecular formula is C15H20FNO3. The summed E-state index contributed by atoms with van der Waals surface area (Å²) in [5.74, 6) is -0.147. The molecule has 0 amide bonds. The van der Waals surface area contributed by atoms with E-state index in [0.717, 1.165) is 32.1 Å². The number of fused-ring (bicyclic) bond motifs is 1. The van der Waals surface area contributed by atoms with Crippen LogP contribution in [0.4, 0.5) is 4.39 Å². The molecule has 1 aromatic carbocycles. The Morgan fingerprint density at radius 2 is 1.90 bits per heavy atom. The molecular weight excluding hydrogens is 261 g/mol. The summed E-state index contributed by atoms with van der Waals surface area (Å²) in [6.45, 7) is 1.18. The minimum Gasteiger partial charge on any atom is -0.505 e. The molecule has 1 fully saturated rings. The van der Waals surface area contributed by atoms with Crippen molar-refractivity contribution in [3.05, 3.63) is 17.4 Å². The number of rotatable bonds is 2. The molecule has 0 atom stereocenters. The number of nitrogens with two attached hydrogens (primary N) is 1. The summed E-state index contributed by atoms with van der Waals surface area (Å²) in [6.07, 6.45) is 4.90. The molecule has 0 spiro atoms. The highest BCUT2D eigenvalue weighted by Gasteiger charge is 2.40. The lowest BCUT2D eigenvalue weighted by atomic mass is 9.68. The molecule has 1 aromatic rings. The summed E-state index contributed by atoms with van der Waals surface area (Å²) in [5, 5.41) is 10.2. The Bertz CT molecular complexity index is 512. The van der Waals surface area contributed by atoms with E-state index in [1.54, 1.807) is 0 Å². The lowest BCUT2D eigenvalue weighted by molar-refractivity contribution is 0.160. The molecule has 0 bridgehead atoms. The van der Waals surface area contributed by atoms with E-state index in [1.807, 2.05) is 0 Å². The van der Waals surface area contributed by atoms with Gasteiger partial charge in [-0.25, -0.2) is 4.39 Å². The van der Waals surface area contributed by atoms with Crippen LogP contribution in [0.5, 0.6) is 17.2 Å². The summed E-state index contributed by atoms with van der Waals surface area (Å²) < 4.78 is 25.1. The zero-order valence-electron chi connectivity index (χ0n) is 11.5. The van der Waals surface area contributed by atoms with Crippen molar-refractivity contribution in [3.8, 4) is 17.2 Å². The maximum Gasteiger partial charge on any atom is 0.169 e. The van der Waals surface area contributed by atoms with Crippen LogP contribution in [-0.4, -0.2) is 24.9 Å². The van der Waals surface area contributed by atoms with E-state index in [1.165, 1.54) is 6.07 Å². The Kier molecular flexibility index (Phi) is 3.46. The highest BCUT2D eigenvalue weighted by atomic mass is 19.1. The van der Waals surface area contributed by atoms with Gasteiger partial charge in [0.2, 0.25) is 0 Å². The normalized spacial score (nSPS) is 20.7. The number of hydrogen-bond donors (Lipinski definition) is 2. The molecule has 20 heavy (non-hydrogen) atoms. The van der Waals surface area contributed by atoms with Gasteiger partial charge >= 0.3 is 0 Å². The number of ether oxygens (including phenoxy) is 2. The lowest BCUT2D eigenvalue weighted by Crippen LogP contribution is -2.38. The van der Waals surface area contributed by atoms with Crippen molar-refractivity contribution in [2.24, 2.45) is 5.73 Å².